The quantitative estimate of drug-likeness (QED) is 0.524. The third-order valence-electron chi connectivity index (χ3n) is 5.13. The third kappa shape index (κ3) is 2.40. The minimum Gasteiger partial charge on any atom is -0.497 e. The van der Waals surface area contributed by atoms with Crippen LogP contribution in [0.4, 0.5) is 14.5 Å². The summed E-state index contributed by atoms with van der Waals surface area (Å²) < 4.78 is 36.2. The second kappa shape index (κ2) is 6.07. The number of nitrogens with two attached hydrogens (primary N) is 1. The lowest BCUT2D eigenvalue weighted by Crippen LogP contribution is -1.97. The number of methoxy groups -OCH3 is 1. The van der Waals surface area contributed by atoms with E-state index in [1.807, 2.05) is 18.2 Å². The van der Waals surface area contributed by atoms with Crippen molar-refractivity contribution in [1.82, 2.24) is 9.55 Å². The van der Waals surface area contributed by atoms with Crippen LogP contribution in [0.1, 0.15) is 0 Å². The zero-order valence-corrected chi connectivity index (χ0v) is 15.3. The van der Waals surface area contributed by atoms with Gasteiger partial charge in [-0.05, 0) is 42.5 Å². The van der Waals surface area contributed by atoms with E-state index < -0.39 is 11.6 Å². The topological polar surface area (TPSA) is 73.3 Å². The van der Waals surface area contributed by atoms with Gasteiger partial charge in [0.25, 0.3) is 0 Å². The highest BCUT2D eigenvalue weighted by Gasteiger charge is 2.22. The fourth-order valence-electron chi connectivity index (χ4n) is 3.60. The van der Waals surface area contributed by atoms with Gasteiger partial charge >= 0.3 is 0 Å². The Bertz CT molecular complexity index is 1390. The largest absolute Gasteiger partial charge is 0.497 e. The second-order valence-electron chi connectivity index (χ2n) is 6.72. The van der Waals surface area contributed by atoms with Gasteiger partial charge in [-0.3, -0.25) is 4.57 Å². The zero-order chi connectivity index (χ0) is 20.3. The summed E-state index contributed by atoms with van der Waals surface area (Å²) in [7, 11) is 1.45. The number of hydrogen-bond donors (Lipinski definition) is 2. The summed E-state index contributed by atoms with van der Waals surface area (Å²) in [6.45, 7) is 0. The van der Waals surface area contributed by atoms with Gasteiger partial charge in [-0.15, -0.1) is 0 Å². The number of hydrogen-bond acceptors (Lipinski definition) is 4. The van der Waals surface area contributed by atoms with Crippen molar-refractivity contribution in [3.05, 3.63) is 66.4 Å². The molecule has 1 aliphatic carbocycles. The lowest BCUT2D eigenvalue weighted by atomic mass is 9.99. The van der Waals surface area contributed by atoms with Gasteiger partial charge in [0.05, 0.1) is 29.2 Å². The first-order chi connectivity index (χ1) is 14.0. The molecule has 0 fully saturated rings. The number of nitrogens with zero attached hydrogens (tertiary/aromatic N) is 2. The first-order valence-electron chi connectivity index (χ1n) is 8.84. The Morgan fingerprint density at radius 3 is 2.59 bits per heavy atom. The maximum atomic E-state index is 14.9. The van der Waals surface area contributed by atoms with E-state index in [1.54, 1.807) is 10.8 Å². The number of fused-ring (bicyclic) bond motifs is 2. The molecule has 5 rings (SSSR count). The molecule has 7 heteroatoms. The standard InChI is InChI=1S/C22H15F2N3O2/c1-29-12-5-7-15(23)14(9-12)18-16(24)8-6-13-20(25)19-17(26-21(13)18)10-27(22(19)28)11-3-2-4-11/h2-10,28H,25H2,1H3. The van der Waals surface area contributed by atoms with Crippen molar-refractivity contribution in [2.45, 2.75) is 0 Å². The lowest BCUT2D eigenvalue weighted by molar-refractivity contribution is 0.414. The maximum absolute atomic E-state index is 14.9. The van der Waals surface area contributed by atoms with E-state index in [0.717, 1.165) is 5.70 Å². The fraction of sp³-hybridized carbons (Fsp3) is 0.0455. The van der Waals surface area contributed by atoms with Crippen molar-refractivity contribution >= 4 is 33.2 Å². The highest BCUT2D eigenvalue weighted by molar-refractivity contribution is 6.12. The fourth-order valence-corrected chi connectivity index (χ4v) is 3.60. The van der Waals surface area contributed by atoms with Crippen molar-refractivity contribution in [2.75, 3.05) is 12.8 Å². The van der Waals surface area contributed by atoms with E-state index in [1.165, 1.54) is 37.4 Å². The highest BCUT2D eigenvalue weighted by atomic mass is 19.1. The number of benzene rings is 2. The molecule has 0 saturated carbocycles. The van der Waals surface area contributed by atoms with Gasteiger partial charge in [-0.25, -0.2) is 13.8 Å². The number of allylic oxidation sites excluding steroid dienone is 4. The first-order valence-corrected chi connectivity index (χ1v) is 8.84. The minimum atomic E-state index is -0.635. The van der Waals surface area contributed by atoms with Crippen LogP contribution in [0, 0.1) is 11.6 Å². The smallest absolute Gasteiger partial charge is 0.207 e. The van der Waals surface area contributed by atoms with E-state index in [-0.39, 0.29) is 28.2 Å². The number of halogens is 2. The third-order valence-corrected chi connectivity index (χ3v) is 5.13. The molecule has 0 atom stereocenters. The van der Waals surface area contributed by atoms with Crippen LogP contribution in [0.5, 0.6) is 11.6 Å². The molecule has 5 nitrogen and oxygen atoms in total. The zero-order valence-electron chi connectivity index (χ0n) is 15.3. The van der Waals surface area contributed by atoms with Crippen LogP contribution in [-0.2, 0) is 0 Å². The molecule has 0 saturated heterocycles. The predicted molar refractivity (Wildman–Crippen MR) is 109 cm³/mol. The number of nitrogen functional groups attached to an aromatic ring is 1. The molecule has 1 aliphatic rings. The Kier molecular flexibility index (Phi) is 3.61. The molecule has 0 unspecified atom stereocenters. The average Bonchev–Trinajstić information content (AvgIpc) is 2.98. The van der Waals surface area contributed by atoms with Crippen LogP contribution in [0.25, 0.3) is 38.6 Å². The molecule has 0 amide bonds. The summed E-state index contributed by atoms with van der Waals surface area (Å²) in [5, 5.41) is 11.4. The number of rotatable bonds is 3. The van der Waals surface area contributed by atoms with Crippen LogP contribution in [-0.4, -0.2) is 21.8 Å². The Balaban J connectivity index is 1.87. The van der Waals surface area contributed by atoms with Crippen molar-refractivity contribution < 1.29 is 18.6 Å². The van der Waals surface area contributed by atoms with E-state index in [4.69, 9.17) is 10.5 Å². The maximum Gasteiger partial charge on any atom is 0.207 e. The molecule has 0 spiro atoms. The molecule has 2 aromatic carbocycles. The van der Waals surface area contributed by atoms with Crippen LogP contribution < -0.4 is 10.5 Å². The summed E-state index contributed by atoms with van der Waals surface area (Å²) in [4.78, 5) is 4.53. The van der Waals surface area contributed by atoms with Crippen molar-refractivity contribution in [3.63, 3.8) is 0 Å². The summed E-state index contributed by atoms with van der Waals surface area (Å²) in [6, 6.07) is 6.78. The van der Waals surface area contributed by atoms with Crippen molar-refractivity contribution in [2.24, 2.45) is 0 Å². The highest BCUT2D eigenvalue weighted by Crippen LogP contribution is 2.42. The molecular formula is C22H15F2N3O2. The number of pyridine rings is 1. The van der Waals surface area contributed by atoms with Gasteiger partial charge in [-0.1, -0.05) is 6.08 Å². The molecule has 2 aromatic heterocycles. The number of ether oxygens (including phenoxy) is 1. The van der Waals surface area contributed by atoms with Gasteiger partial charge in [0, 0.05) is 28.4 Å². The van der Waals surface area contributed by atoms with E-state index >= 15 is 0 Å². The Labute approximate surface area is 164 Å². The van der Waals surface area contributed by atoms with Gasteiger partial charge in [-0.2, -0.15) is 0 Å². The van der Waals surface area contributed by atoms with Gasteiger partial charge in [0.2, 0.25) is 5.88 Å². The van der Waals surface area contributed by atoms with Crippen LogP contribution >= 0.6 is 0 Å². The average molecular weight is 391 g/mol. The normalized spacial score (nSPS) is 13.0. The lowest BCUT2D eigenvalue weighted by Gasteiger charge is -2.12. The van der Waals surface area contributed by atoms with E-state index in [0.29, 0.717) is 22.0 Å². The Morgan fingerprint density at radius 1 is 1.14 bits per heavy atom. The number of aromatic nitrogens is 2. The predicted octanol–water partition coefficient (Wildman–Crippen LogP) is 4.84. The van der Waals surface area contributed by atoms with Crippen LogP contribution in [0.2, 0.25) is 0 Å². The molecule has 2 heterocycles. The van der Waals surface area contributed by atoms with E-state index in [2.05, 4.69) is 4.98 Å². The molecule has 0 bridgehead atoms. The molecule has 144 valence electrons. The molecule has 0 aliphatic heterocycles. The molecule has 29 heavy (non-hydrogen) atoms. The Hall–Kier alpha value is -3.87. The van der Waals surface area contributed by atoms with Crippen molar-refractivity contribution in [3.8, 4) is 22.8 Å². The first kappa shape index (κ1) is 17.2. The second-order valence-corrected chi connectivity index (χ2v) is 6.72. The summed E-state index contributed by atoms with van der Waals surface area (Å²) in [5.74, 6) is -0.910. The van der Waals surface area contributed by atoms with Crippen LogP contribution in [0.3, 0.4) is 0 Å². The summed E-state index contributed by atoms with van der Waals surface area (Å²) in [5.41, 5.74) is 7.94. The van der Waals surface area contributed by atoms with Gasteiger partial charge < -0.3 is 15.6 Å². The molecular weight excluding hydrogens is 376 g/mol. The monoisotopic (exact) mass is 391 g/mol. The van der Waals surface area contributed by atoms with Gasteiger partial charge in [0.1, 0.15) is 17.4 Å². The SMILES string of the molecule is COc1ccc(F)c(-c2c(F)ccc3c(N)c4c(O)n(C5=CC=C5)cc4nc23)c1. The number of anilines is 1. The Morgan fingerprint density at radius 2 is 1.90 bits per heavy atom. The van der Waals surface area contributed by atoms with Gasteiger partial charge in [0.15, 0.2) is 0 Å². The minimum absolute atomic E-state index is 0.0116. The summed E-state index contributed by atoms with van der Waals surface area (Å²) in [6.07, 6.45) is 7.11. The summed E-state index contributed by atoms with van der Waals surface area (Å²) >= 11 is 0. The molecule has 4 aromatic rings. The van der Waals surface area contributed by atoms with Crippen molar-refractivity contribution in [1.29, 1.82) is 0 Å². The number of aromatic hydroxyl groups is 1. The van der Waals surface area contributed by atoms with E-state index in [9.17, 15) is 13.9 Å². The molecule has 0 radical (unpaired) electrons. The van der Waals surface area contributed by atoms with Crippen LogP contribution in [0.15, 0.2) is 54.8 Å². The molecule has 3 N–H and O–H groups in total.